The van der Waals surface area contributed by atoms with Crippen LogP contribution >= 0.6 is 11.8 Å². The SMILES string of the molecule is C[C@@]1(O)[C@H](O)[C@@H](CO)S[C@H]1n1ccc(=O)[nH]c1=O. The van der Waals surface area contributed by atoms with Gasteiger partial charge in [-0.05, 0) is 6.92 Å². The predicted molar refractivity (Wildman–Crippen MR) is 65.5 cm³/mol. The van der Waals surface area contributed by atoms with E-state index in [1.807, 2.05) is 0 Å². The van der Waals surface area contributed by atoms with E-state index in [0.717, 1.165) is 22.4 Å². The number of hydrogen-bond donors (Lipinski definition) is 4. The zero-order valence-electron chi connectivity index (χ0n) is 9.61. The van der Waals surface area contributed by atoms with Crippen molar-refractivity contribution in [3.63, 3.8) is 0 Å². The molecule has 2 rings (SSSR count). The molecule has 0 radical (unpaired) electrons. The largest absolute Gasteiger partial charge is 0.395 e. The van der Waals surface area contributed by atoms with Crippen LogP contribution in [0.3, 0.4) is 0 Å². The van der Waals surface area contributed by atoms with Gasteiger partial charge < -0.3 is 15.3 Å². The predicted octanol–water partition coefficient (Wildman–Crippen LogP) is -1.75. The standard InChI is InChI=1S/C10H14N2O5S/c1-10(17)7(15)5(4-13)18-8(10)12-3-2-6(14)11-9(12)16/h2-3,5,7-8,13,15,17H,4H2,1H3,(H,11,14,16)/t5-,7-,8-,10-/m1/s1. The van der Waals surface area contributed by atoms with Crippen molar-refractivity contribution in [1.29, 1.82) is 0 Å². The lowest BCUT2D eigenvalue weighted by atomic mass is 9.96. The molecule has 4 N–H and O–H groups in total. The van der Waals surface area contributed by atoms with Crippen LogP contribution in [-0.4, -0.2) is 48.4 Å². The fourth-order valence-electron chi connectivity index (χ4n) is 2.00. The Morgan fingerprint density at radius 2 is 2.22 bits per heavy atom. The summed E-state index contributed by atoms with van der Waals surface area (Å²) in [7, 11) is 0. The van der Waals surface area contributed by atoms with Gasteiger partial charge in [-0.15, -0.1) is 11.8 Å². The summed E-state index contributed by atoms with van der Waals surface area (Å²) in [6, 6.07) is 1.16. The molecule has 4 atom stereocenters. The Kier molecular flexibility index (Phi) is 3.37. The summed E-state index contributed by atoms with van der Waals surface area (Å²) in [6.45, 7) is 1.08. The van der Waals surface area contributed by atoms with E-state index in [2.05, 4.69) is 4.98 Å². The molecule has 0 aliphatic carbocycles. The van der Waals surface area contributed by atoms with Crippen LogP contribution in [0.1, 0.15) is 12.3 Å². The van der Waals surface area contributed by atoms with Crippen molar-refractivity contribution in [3.05, 3.63) is 33.1 Å². The van der Waals surface area contributed by atoms with Gasteiger partial charge in [-0.3, -0.25) is 14.3 Å². The molecule has 1 saturated heterocycles. The molecule has 1 fully saturated rings. The van der Waals surface area contributed by atoms with Gasteiger partial charge in [0.2, 0.25) is 0 Å². The Morgan fingerprint density at radius 1 is 1.56 bits per heavy atom. The Bertz CT molecular complexity index is 552. The van der Waals surface area contributed by atoms with E-state index < -0.39 is 33.6 Å². The minimum atomic E-state index is -1.57. The summed E-state index contributed by atoms with van der Waals surface area (Å²) in [5.74, 6) is 0. The number of aromatic nitrogens is 2. The lowest BCUT2D eigenvalue weighted by Crippen LogP contribution is -2.46. The molecule has 0 aromatic carbocycles. The zero-order chi connectivity index (χ0) is 13.5. The summed E-state index contributed by atoms with van der Waals surface area (Å²) in [6.07, 6.45) is 0.107. The van der Waals surface area contributed by atoms with Crippen LogP contribution in [0, 0.1) is 0 Å². The Hall–Kier alpha value is -1.09. The molecule has 18 heavy (non-hydrogen) atoms. The van der Waals surface area contributed by atoms with Crippen LogP contribution in [0.15, 0.2) is 21.9 Å². The molecule has 1 aliphatic heterocycles. The monoisotopic (exact) mass is 274 g/mol. The van der Waals surface area contributed by atoms with Crippen LogP contribution in [0.4, 0.5) is 0 Å². The molecular weight excluding hydrogens is 260 g/mol. The van der Waals surface area contributed by atoms with E-state index in [1.165, 1.54) is 13.1 Å². The second kappa shape index (κ2) is 4.54. The minimum absolute atomic E-state index is 0.309. The highest BCUT2D eigenvalue weighted by Crippen LogP contribution is 2.47. The van der Waals surface area contributed by atoms with Crippen LogP contribution in [0.5, 0.6) is 0 Å². The van der Waals surface area contributed by atoms with Gasteiger partial charge in [-0.1, -0.05) is 0 Å². The number of aliphatic hydroxyl groups is 3. The molecule has 0 amide bonds. The number of H-pyrrole nitrogens is 1. The lowest BCUT2D eigenvalue weighted by Gasteiger charge is -2.28. The summed E-state index contributed by atoms with van der Waals surface area (Å²) in [5, 5.41) is 27.9. The summed E-state index contributed by atoms with van der Waals surface area (Å²) in [5.41, 5.74) is -2.76. The van der Waals surface area contributed by atoms with E-state index in [9.17, 15) is 19.8 Å². The number of hydrogen-bond acceptors (Lipinski definition) is 6. The Labute approximate surface area is 106 Å². The number of aliphatic hydroxyl groups excluding tert-OH is 2. The van der Waals surface area contributed by atoms with Crippen LogP contribution < -0.4 is 11.2 Å². The Balaban J connectivity index is 2.45. The lowest BCUT2D eigenvalue weighted by molar-refractivity contribution is -0.0684. The van der Waals surface area contributed by atoms with Crippen LogP contribution in [0.25, 0.3) is 0 Å². The number of thioether (sulfide) groups is 1. The molecule has 0 bridgehead atoms. The van der Waals surface area contributed by atoms with E-state index >= 15 is 0 Å². The second-order valence-corrected chi connectivity index (χ2v) is 5.72. The van der Waals surface area contributed by atoms with Crippen molar-refractivity contribution in [2.45, 2.75) is 29.3 Å². The average molecular weight is 274 g/mol. The van der Waals surface area contributed by atoms with E-state index in [4.69, 9.17) is 5.11 Å². The molecule has 1 aromatic rings. The van der Waals surface area contributed by atoms with Crippen molar-refractivity contribution < 1.29 is 15.3 Å². The maximum atomic E-state index is 11.7. The van der Waals surface area contributed by atoms with Gasteiger partial charge in [0.25, 0.3) is 5.56 Å². The first-order valence-corrected chi connectivity index (χ1v) is 6.30. The molecular formula is C10H14N2O5S. The fourth-order valence-corrected chi connectivity index (χ4v) is 3.56. The third-order valence-corrected chi connectivity index (χ3v) is 4.76. The third kappa shape index (κ3) is 2.01. The maximum Gasteiger partial charge on any atom is 0.329 e. The molecule has 0 saturated carbocycles. The number of nitrogens with one attached hydrogen (secondary N) is 1. The van der Waals surface area contributed by atoms with Gasteiger partial charge >= 0.3 is 5.69 Å². The summed E-state index contributed by atoms with van der Waals surface area (Å²) < 4.78 is 1.14. The smallest absolute Gasteiger partial charge is 0.329 e. The highest BCUT2D eigenvalue weighted by atomic mass is 32.2. The maximum absolute atomic E-state index is 11.7. The van der Waals surface area contributed by atoms with Gasteiger partial charge in [-0.25, -0.2) is 4.79 Å². The van der Waals surface area contributed by atoms with E-state index in [-0.39, 0.29) is 6.61 Å². The van der Waals surface area contributed by atoms with Gasteiger partial charge in [0.1, 0.15) is 11.0 Å². The summed E-state index contributed by atoms with van der Waals surface area (Å²) in [4.78, 5) is 24.7. The van der Waals surface area contributed by atoms with E-state index in [1.54, 1.807) is 0 Å². The van der Waals surface area contributed by atoms with Gasteiger partial charge in [0, 0.05) is 12.3 Å². The highest BCUT2D eigenvalue weighted by molar-refractivity contribution is 8.00. The second-order valence-electron chi connectivity index (χ2n) is 4.40. The molecule has 100 valence electrons. The Morgan fingerprint density at radius 3 is 2.72 bits per heavy atom. The van der Waals surface area contributed by atoms with E-state index in [0.29, 0.717) is 0 Å². The first kappa shape index (κ1) is 13.3. The summed E-state index contributed by atoms with van der Waals surface area (Å²) >= 11 is 1.09. The fraction of sp³-hybridized carbons (Fsp3) is 0.600. The van der Waals surface area contributed by atoms with Crippen molar-refractivity contribution in [3.8, 4) is 0 Å². The van der Waals surface area contributed by atoms with Crippen molar-refractivity contribution in [2.75, 3.05) is 6.61 Å². The molecule has 8 heteroatoms. The number of nitrogens with zero attached hydrogens (tertiary/aromatic N) is 1. The van der Waals surface area contributed by atoms with Crippen molar-refractivity contribution in [2.24, 2.45) is 0 Å². The van der Waals surface area contributed by atoms with Gasteiger partial charge in [0.05, 0.1) is 18.0 Å². The van der Waals surface area contributed by atoms with Gasteiger partial charge in [-0.2, -0.15) is 0 Å². The molecule has 0 spiro atoms. The number of rotatable bonds is 2. The minimum Gasteiger partial charge on any atom is -0.395 e. The van der Waals surface area contributed by atoms with Crippen molar-refractivity contribution in [1.82, 2.24) is 9.55 Å². The molecule has 7 nitrogen and oxygen atoms in total. The molecule has 1 aliphatic rings. The first-order chi connectivity index (χ1) is 8.37. The van der Waals surface area contributed by atoms with Gasteiger partial charge in [0.15, 0.2) is 0 Å². The zero-order valence-corrected chi connectivity index (χ0v) is 10.4. The molecule has 1 aromatic heterocycles. The molecule has 2 heterocycles. The number of aromatic amines is 1. The van der Waals surface area contributed by atoms with Crippen molar-refractivity contribution >= 4 is 11.8 Å². The highest BCUT2D eigenvalue weighted by Gasteiger charge is 2.52. The topological polar surface area (TPSA) is 116 Å². The third-order valence-electron chi connectivity index (χ3n) is 3.04. The quantitative estimate of drug-likeness (QED) is 0.508. The van der Waals surface area contributed by atoms with Crippen LogP contribution in [-0.2, 0) is 0 Å². The normalized spacial score (nSPS) is 35.9. The average Bonchev–Trinajstić information content (AvgIpc) is 2.52. The molecule has 0 unspecified atom stereocenters. The first-order valence-electron chi connectivity index (χ1n) is 5.36. The van der Waals surface area contributed by atoms with Crippen LogP contribution in [0.2, 0.25) is 0 Å².